The Balaban J connectivity index is 2.07. The van der Waals surface area contributed by atoms with E-state index in [1.54, 1.807) is 23.1 Å². The van der Waals surface area contributed by atoms with E-state index in [1.807, 2.05) is 20.9 Å². The van der Waals surface area contributed by atoms with Crippen LogP contribution in [0.15, 0.2) is 23.1 Å². The van der Waals surface area contributed by atoms with E-state index in [1.165, 1.54) is 7.05 Å². The quantitative estimate of drug-likeness (QED) is 0.810. The minimum absolute atomic E-state index is 0.126. The second-order valence-corrected chi connectivity index (χ2v) is 8.24. The van der Waals surface area contributed by atoms with E-state index in [-0.39, 0.29) is 17.3 Å². The maximum atomic E-state index is 12.6. The van der Waals surface area contributed by atoms with Gasteiger partial charge < -0.3 is 9.80 Å². The number of sulfonamides is 1. The Morgan fingerprint density at radius 2 is 1.74 bits per heavy atom. The molecule has 0 aliphatic carbocycles. The lowest BCUT2D eigenvalue weighted by Gasteiger charge is -2.33. The fourth-order valence-corrected chi connectivity index (χ4v) is 3.69. The third-order valence-electron chi connectivity index (χ3n) is 4.40. The van der Waals surface area contributed by atoms with Gasteiger partial charge in [0.05, 0.1) is 11.4 Å². The van der Waals surface area contributed by atoms with E-state index < -0.39 is 10.0 Å². The minimum Gasteiger partial charge on any atom is -0.339 e. The van der Waals surface area contributed by atoms with Crippen LogP contribution in [0.5, 0.6) is 0 Å². The molecule has 6 nitrogen and oxygen atoms in total. The molecule has 128 valence electrons. The van der Waals surface area contributed by atoms with E-state index in [0.717, 1.165) is 28.5 Å². The summed E-state index contributed by atoms with van der Waals surface area (Å²) in [6, 6.07) is 5.04. The Morgan fingerprint density at radius 3 is 2.30 bits per heavy atom. The number of benzene rings is 1. The van der Waals surface area contributed by atoms with Crippen molar-refractivity contribution in [1.82, 2.24) is 14.1 Å². The van der Waals surface area contributed by atoms with E-state index >= 15 is 0 Å². The van der Waals surface area contributed by atoms with Gasteiger partial charge in [0, 0.05) is 33.2 Å². The zero-order valence-corrected chi connectivity index (χ0v) is 15.1. The van der Waals surface area contributed by atoms with Crippen LogP contribution in [0.2, 0.25) is 0 Å². The summed E-state index contributed by atoms with van der Waals surface area (Å²) in [5, 5.41) is 0. The van der Waals surface area contributed by atoms with Crippen LogP contribution in [0.4, 0.5) is 0 Å². The molecule has 0 atom stereocenters. The molecule has 0 aromatic heterocycles. The topological polar surface area (TPSA) is 60.9 Å². The molecule has 0 bridgehead atoms. The molecule has 1 heterocycles. The molecule has 1 aliphatic rings. The standard InChI is InChI=1S/C16H25N3O3S/c1-13-5-6-15(11-14(13)2)23(21,22)18(4)12-16(20)19-9-7-17(3)8-10-19/h5-6,11H,7-10,12H2,1-4H3. The largest absolute Gasteiger partial charge is 0.339 e. The van der Waals surface area contributed by atoms with Crippen molar-refractivity contribution in [1.29, 1.82) is 0 Å². The van der Waals surface area contributed by atoms with Crippen LogP contribution in [-0.2, 0) is 14.8 Å². The van der Waals surface area contributed by atoms with Gasteiger partial charge in [-0.3, -0.25) is 4.79 Å². The Morgan fingerprint density at radius 1 is 1.13 bits per heavy atom. The van der Waals surface area contributed by atoms with E-state index in [9.17, 15) is 13.2 Å². The molecule has 1 fully saturated rings. The van der Waals surface area contributed by atoms with Crippen molar-refractivity contribution in [2.75, 3.05) is 46.8 Å². The number of piperazine rings is 1. The number of likely N-dealkylation sites (N-methyl/N-ethyl adjacent to an activating group) is 2. The van der Waals surface area contributed by atoms with Gasteiger partial charge in [-0.15, -0.1) is 0 Å². The Hall–Kier alpha value is -1.44. The van der Waals surface area contributed by atoms with Gasteiger partial charge in [0.25, 0.3) is 0 Å². The molecule has 1 aliphatic heterocycles. The van der Waals surface area contributed by atoms with Crippen molar-refractivity contribution in [3.05, 3.63) is 29.3 Å². The first-order valence-electron chi connectivity index (χ1n) is 7.71. The van der Waals surface area contributed by atoms with E-state index in [4.69, 9.17) is 0 Å². The molecular weight excluding hydrogens is 314 g/mol. The lowest BCUT2D eigenvalue weighted by molar-refractivity contribution is -0.132. The second kappa shape index (κ2) is 6.98. The first kappa shape index (κ1) is 17.9. The van der Waals surface area contributed by atoms with Crippen molar-refractivity contribution in [2.24, 2.45) is 0 Å². The normalized spacial score (nSPS) is 16.8. The smallest absolute Gasteiger partial charge is 0.243 e. The van der Waals surface area contributed by atoms with Crippen LogP contribution < -0.4 is 0 Å². The minimum atomic E-state index is -3.65. The molecule has 23 heavy (non-hydrogen) atoms. The molecule has 1 saturated heterocycles. The van der Waals surface area contributed by atoms with Crippen LogP contribution >= 0.6 is 0 Å². The predicted molar refractivity (Wildman–Crippen MR) is 89.8 cm³/mol. The van der Waals surface area contributed by atoms with Crippen LogP contribution in [0.3, 0.4) is 0 Å². The van der Waals surface area contributed by atoms with Crippen LogP contribution in [0.1, 0.15) is 11.1 Å². The zero-order chi connectivity index (χ0) is 17.2. The summed E-state index contributed by atoms with van der Waals surface area (Å²) in [6.45, 7) is 6.62. The summed E-state index contributed by atoms with van der Waals surface area (Å²) in [4.78, 5) is 16.4. The maximum absolute atomic E-state index is 12.6. The number of nitrogens with zero attached hydrogens (tertiary/aromatic N) is 3. The second-order valence-electron chi connectivity index (χ2n) is 6.19. The molecular formula is C16H25N3O3S. The van der Waals surface area contributed by atoms with Crippen molar-refractivity contribution < 1.29 is 13.2 Å². The molecule has 1 aromatic carbocycles. The lowest BCUT2D eigenvalue weighted by Crippen LogP contribution is -2.50. The first-order valence-corrected chi connectivity index (χ1v) is 9.15. The first-order chi connectivity index (χ1) is 10.7. The highest BCUT2D eigenvalue weighted by atomic mass is 32.2. The third-order valence-corrected chi connectivity index (χ3v) is 6.20. The predicted octanol–water partition coefficient (Wildman–Crippen LogP) is 0.698. The highest BCUT2D eigenvalue weighted by molar-refractivity contribution is 7.89. The van der Waals surface area contributed by atoms with Crippen LogP contribution in [-0.4, -0.2) is 75.2 Å². The fraction of sp³-hybridized carbons (Fsp3) is 0.562. The van der Waals surface area contributed by atoms with Gasteiger partial charge >= 0.3 is 0 Å². The number of aryl methyl sites for hydroxylation is 2. The average molecular weight is 339 g/mol. The summed E-state index contributed by atoms with van der Waals surface area (Å²) >= 11 is 0. The average Bonchev–Trinajstić information content (AvgIpc) is 2.50. The van der Waals surface area contributed by atoms with Gasteiger partial charge in [0.15, 0.2) is 0 Å². The monoisotopic (exact) mass is 339 g/mol. The number of hydrogen-bond acceptors (Lipinski definition) is 4. The summed E-state index contributed by atoms with van der Waals surface area (Å²) in [7, 11) is -0.178. The molecule has 2 rings (SSSR count). The van der Waals surface area contributed by atoms with Crippen molar-refractivity contribution in [3.63, 3.8) is 0 Å². The van der Waals surface area contributed by atoms with Gasteiger partial charge in [-0.1, -0.05) is 6.07 Å². The highest BCUT2D eigenvalue weighted by Gasteiger charge is 2.26. The molecule has 0 N–H and O–H groups in total. The summed E-state index contributed by atoms with van der Waals surface area (Å²) in [5.74, 6) is -0.145. The van der Waals surface area contributed by atoms with Gasteiger partial charge in [0.2, 0.25) is 15.9 Å². The van der Waals surface area contributed by atoms with Crippen molar-refractivity contribution in [2.45, 2.75) is 18.7 Å². The Bertz CT molecular complexity index is 680. The Kier molecular flexibility index (Phi) is 5.44. The van der Waals surface area contributed by atoms with Gasteiger partial charge in [0.1, 0.15) is 0 Å². The third kappa shape index (κ3) is 4.10. The molecule has 1 amide bonds. The molecule has 0 saturated carbocycles. The number of carbonyl (C=O) groups excluding carboxylic acids is 1. The molecule has 0 spiro atoms. The van der Waals surface area contributed by atoms with Crippen molar-refractivity contribution >= 4 is 15.9 Å². The number of hydrogen-bond donors (Lipinski definition) is 0. The van der Waals surface area contributed by atoms with Crippen LogP contribution in [0.25, 0.3) is 0 Å². The van der Waals surface area contributed by atoms with Gasteiger partial charge in [-0.05, 0) is 44.2 Å². The number of carbonyl (C=O) groups is 1. The molecule has 0 unspecified atom stereocenters. The summed E-state index contributed by atoms with van der Waals surface area (Å²) < 4.78 is 26.4. The highest BCUT2D eigenvalue weighted by Crippen LogP contribution is 2.18. The fourth-order valence-electron chi connectivity index (χ4n) is 2.49. The zero-order valence-electron chi connectivity index (χ0n) is 14.2. The van der Waals surface area contributed by atoms with Gasteiger partial charge in [-0.25, -0.2) is 8.42 Å². The SMILES string of the molecule is Cc1ccc(S(=O)(=O)N(C)CC(=O)N2CCN(C)CC2)cc1C. The van der Waals surface area contributed by atoms with E-state index in [0.29, 0.717) is 13.1 Å². The number of amides is 1. The number of rotatable bonds is 4. The molecule has 1 aromatic rings. The lowest BCUT2D eigenvalue weighted by atomic mass is 10.1. The molecule has 0 radical (unpaired) electrons. The summed E-state index contributed by atoms with van der Waals surface area (Å²) in [6.07, 6.45) is 0. The van der Waals surface area contributed by atoms with Crippen LogP contribution in [0, 0.1) is 13.8 Å². The molecule has 7 heteroatoms. The van der Waals surface area contributed by atoms with Crippen molar-refractivity contribution in [3.8, 4) is 0 Å². The summed E-state index contributed by atoms with van der Waals surface area (Å²) in [5.41, 5.74) is 1.96. The van der Waals surface area contributed by atoms with E-state index in [2.05, 4.69) is 4.90 Å². The van der Waals surface area contributed by atoms with Gasteiger partial charge in [-0.2, -0.15) is 4.31 Å². The Labute approximate surface area is 138 Å². The maximum Gasteiger partial charge on any atom is 0.243 e.